The summed E-state index contributed by atoms with van der Waals surface area (Å²) in [5.74, 6) is 1.66. The van der Waals surface area contributed by atoms with Crippen LogP contribution in [0.5, 0.6) is 5.88 Å². The van der Waals surface area contributed by atoms with Gasteiger partial charge in [-0.2, -0.15) is 0 Å². The third kappa shape index (κ3) is 4.30. The van der Waals surface area contributed by atoms with E-state index in [9.17, 15) is 0 Å². The van der Waals surface area contributed by atoms with Gasteiger partial charge < -0.3 is 9.64 Å². The molecular formula is C15H24N2O. The molecule has 1 fully saturated rings. The lowest BCUT2D eigenvalue weighted by atomic mass is 9.93. The van der Waals surface area contributed by atoms with Gasteiger partial charge in [-0.05, 0) is 70.3 Å². The number of hydrogen-bond donors (Lipinski definition) is 0. The Labute approximate surface area is 110 Å². The predicted molar refractivity (Wildman–Crippen MR) is 73.9 cm³/mol. The quantitative estimate of drug-likeness (QED) is 0.749. The van der Waals surface area contributed by atoms with Gasteiger partial charge in [0.1, 0.15) is 0 Å². The van der Waals surface area contributed by atoms with Gasteiger partial charge in [0, 0.05) is 12.3 Å². The second-order valence-corrected chi connectivity index (χ2v) is 5.41. The molecule has 1 aliphatic heterocycles. The molecule has 3 heteroatoms. The highest BCUT2D eigenvalue weighted by Gasteiger charge is 2.15. The normalized spacial score (nSPS) is 17.9. The zero-order chi connectivity index (χ0) is 12.8. The van der Waals surface area contributed by atoms with E-state index in [1.54, 1.807) is 0 Å². The molecule has 1 aliphatic rings. The summed E-state index contributed by atoms with van der Waals surface area (Å²) >= 11 is 0. The lowest BCUT2D eigenvalue weighted by Crippen LogP contribution is -2.30. The first-order chi connectivity index (χ1) is 8.74. The Balaban J connectivity index is 1.61. The maximum Gasteiger partial charge on any atom is 0.213 e. The number of piperidine rings is 1. The number of ether oxygens (including phenoxy) is 1. The third-order valence-electron chi connectivity index (χ3n) is 3.74. The first-order valence-corrected chi connectivity index (χ1v) is 6.98. The lowest BCUT2D eigenvalue weighted by Gasteiger charge is -2.28. The van der Waals surface area contributed by atoms with Crippen LogP contribution >= 0.6 is 0 Å². The molecule has 0 aliphatic carbocycles. The van der Waals surface area contributed by atoms with E-state index in [-0.39, 0.29) is 0 Å². The van der Waals surface area contributed by atoms with Gasteiger partial charge in [-0.1, -0.05) is 0 Å². The van der Waals surface area contributed by atoms with Crippen LogP contribution in [0.3, 0.4) is 0 Å². The van der Waals surface area contributed by atoms with E-state index < -0.39 is 0 Å². The van der Waals surface area contributed by atoms with Crippen molar-refractivity contribution in [2.45, 2.75) is 32.6 Å². The van der Waals surface area contributed by atoms with Gasteiger partial charge in [-0.25, -0.2) is 4.98 Å². The molecule has 0 amide bonds. The first kappa shape index (κ1) is 13.3. The summed E-state index contributed by atoms with van der Waals surface area (Å²) in [7, 11) is 2.21. The molecule has 0 bridgehead atoms. The average Bonchev–Trinajstić information content (AvgIpc) is 2.37. The van der Waals surface area contributed by atoms with Gasteiger partial charge in [0.2, 0.25) is 5.88 Å². The van der Waals surface area contributed by atoms with E-state index in [0.29, 0.717) is 0 Å². The van der Waals surface area contributed by atoms with Crippen molar-refractivity contribution in [1.82, 2.24) is 9.88 Å². The van der Waals surface area contributed by atoms with Crippen LogP contribution in [-0.2, 0) is 0 Å². The second kappa shape index (κ2) is 6.74. The summed E-state index contributed by atoms with van der Waals surface area (Å²) in [5, 5.41) is 0. The van der Waals surface area contributed by atoms with E-state index in [4.69, 9.17) is 4.74 Å². The van der Waals surface area contributed by atoms with Crippen LogP contribution in [-0.4, -0.2) is 36.6 Å². The number of rotatable bonds is 5. The van der Waals surface area contributed by atoms with Gasteiger partial charge in [-0.15, -0.1) is 0 Å². The van der Waals surface area contributed by atoms with Crippen molar-refractivity contribution in [2.75, 3.05) is 26.7 Å². The Morgan fingerprint density at radius 2 is 2.17 bits per heavy atom. The fourth-order valence-electron chi connectivity index (χ4n) is 2.49. The Bertz CT molecular complexity index is 359. The van der Waals surface area contributed by atoms with Gasteiger partial charge >= 0.3 is 0 Å². The van der Waals surface area contributed by atoms with Crippen molar-refractivity contribution in [3.8, 4) is 5.88 Å². The SMILES string of the molecule is Cc1ccnc(OCCCC2CCN(C)CC2)c1. The first-order valence-electron chi connectivity index (χ1n) is 6.98. The molecule has 3 nitrogen and oxygen atoms in total. The van der Waals surface area contributed by atoms with Crippen molar-refractivity contribution in [2.24, 2.45) is 5.92 Å². The molecule has 0 aromatic carbocycles. The summed E-state index contributed by atoms with van der Waals surface area (Å²) in [4.78, 5) is 6.63. The van der Waals surface area contributed by atoms with Crippen LogP contribution in [0.2, 0.25) is 0 Å². The van der Waals surface area contributed by atoms with Gasteiger partial charge in [-0.3, -0.25) is 0 Å². The van der Waals surface area contributed by atoms with Crippen LogP contribution in [0.25, 0.3) is 0 Å². The predicted octanol–water partition coefficient (Wildman–Crippen LogP) is 2.89. The number of aryl methyl sites for hydroxylation is 1. The largest absolute Gasteiger partial charge is 0.478 e. The maximum absolute atomic E-state index is 5.68. The Morgan fingerprint density at radius 3 is 2.89 bits per heavy atom. The average molecular weight is 248 g/mol. The van der Waals surface area contributed by atoms with Crippen molar-refractivity contribution < 1.29 is 4.74 Å². The van der Waals surface area contributed by atoms with Crippen LogP contribution in [0, 0.1) is 12.8 Å². The molecule has 0 saturated carbocycles. The zero-order valence-electron chi connectivity index (χ0n) is 11.6. The fraction of sp³-hybridized carbons (Fsp3) is 0.667. The lowest BCUT2D eigenvalue weighted by molar-refractivity contribution is 0.199. The number of hydrogen-bond acceptors (Lipinski definition) is 3. The molecule has 1 aromatic heterocycles. The minimum absolute atomic E-state index is 0.762. The van der Waals surface area contributed by atoms with Gasteiger partial charge in [0.25, 0.3) is 0 Å². The van der Waals surface area contributed by atoms with E-state index in [2.05, 4.69) is 23.9 Å². The summed E-state index contributed by atoms with van der Waals surface area (Å²) in [6.07, 6.45) is 6.93. The Hall–Kier alpha value is -1.09. The monoisotopic (exact) mass is 248 g/mol. The minimum Gasteiger partial charge on any atom is -0.478 e. The van der Waals surface area contributed by atoms with E-state index in [1.807, 2.05) is 18.3 Å². The Morgan fingerprint density at radius 1 is 1.39 bits per heavy atom. The van der Waals surface area contributed by atoms with Crippen molar-refractivity contribution in [3.05, 3.63) is 23.9 Å². The van der Waals surface area contributed by atoms with Crippen LogP contribution in [0.15, 0.2) is 18.3 Å². The molecule has 100 valence electrons. The highest BCUT2D eigenvalue weighted by atomic mass is 16.5. The molecule has 0 N–H and O–H groups in total. The summed E-state index contributed by atoms with van der Waals surface area (Å²) in [6, 6.07) is 3.99. The fourth-order valence-corrected chi connectivity index (χ4v) is 2.49. The molecule has 1 saturated heterocycles. The third-order valence-corrected chi connectivity index (χ3v) is 3.74. The molecule has 0 radical (unpaired) electrons. The summed E-state index contributed by atoms with van der Waals surface area (Å²) < 4.78 is 5.68. The Kier molecular flexibility index (Phi) is 5.00. The molecule has 0 unspecified atom stereocenters. The highest BCUT2D eigenvalue weighted by molar-refractivity contribution is 5.18. The minimum atomic E-state index is 0.762. The standard InChI is InChI=1S/C15H24N2O/c1-13-5-8-16-15(12-13)18-11-3-4-14-6-9-17(2)10-7-14/h5,8,12,14H,3-4,6-7,9-11H2,1-2H3. The van der Waals surface area contributed by atoms with E-state index in [0.717, 1.165) is 24.8 Å². The molecular weight excluding hydrogens is 224 g/mol. The van der Waals surface area contributed by atoms with Crippen molar-refractivity contribution >= 4 is 0 Å². The number of pyridine rings is 1. The highest BCUT2D eigenvalue weighted by Crippen LogP contribution is 2.21. The number of aromatic nitrogens is 1. The molecule has 2 heterocycles. The van der Waals surface area contributed by atoms with Gasteiger partial charge in [0.05, 0.1) is 6.61 Å². The maximum atomic E-state index is 5.68. The second-order valence-electron chi connectivity index (χ2n) is 5.41. The molecule has 0 spiro atoms. The number of nitrogens with zero attached hydrogens (tertiary/aromatic N) is 2. The van der Waals surface area contributed by atoms with Crippen molar-refractivity contribution in [3.63, 3.8) is 0 Å². The van der Waals surface area contributed by atoms with Crippen LogP contribution < -0.4 is 4.74 Å². The smallest absolute Gasteiger partial charge is 0.213 e. The van der Waals surface area contributed by atoms with Gasteiger partial charge in [0.15, 0.2) is 0 Å². The molecule has 0 atom stereocenters. The molecule has 18 heavy (non-hydrogen) atoms. The summed E-state index contributed by atoms with van der Waals surface area (Å²) in [6.45, 7) is 5.37. The zero-order valence-corrected chi connectivity index (χ0v) is 11.6. The topological polar surface area (TPSA) is 25.4 Å². The van der Waals surface area contributed by atoms with Crippen molar-refractivity contribution in [1.29, 1.82) is 0 Å². The molecule has 2 rings (SSSR count). The summed E-state index contributed by atoms with van der Waals surface area (Å²) in [5.41, 5.74) is 1.20. The van der Waals surface area contributed by atoms with Crippen LogP contribution in [0.1, 0.15) is 31.2 Å². The molecule has 1 aromatic rings. The van der Waals surface area contributed by atoms with E-state index >= 15 is 0 Å². The van der Waals surface area contributed by atoms with Crippen LogP contribution in [0.4, 0.5) is 0 Å². The van der Waals surface area contributed by atoms with E-state index in [1.165, 1.54) is 37.9 Å². The number of likely N-dealkylation sites (tertiary alicyclic amines) is 1.